The van der Waals surface area contributed by atoms with Gasteiger partial charge in [0.1, 0.15) is 17.6 Å². The average molecular weight is 416 g/mol. The third kappa shape index (κ3) is 4.32. The molecule has 1 aliphatic rings. The van der Waals surface area contributed by atoms with Gasteiger partial charge in [-0.1, -0.05) is 55.5 Å². The summed E-state index contributed by atoms with van der Waals surface area (Å²) in [5.41, 5.74) is 8.44. The van der Waals surface area contributed by atoms with Crippen LogP contribution in [0.15, 0.2) is 72.0 Å². The zero-order valence-electron chi connectivity index (χ0n) is 17.2. The van der Waals surface area contributed by atoms with Gasteiger partial charge in [0.05, 0.1) is 23.6 Å². The minimum Gasteiger partial charge on any atom is -0.368 e. The SMILES string of the molecule is CCC(NC(=O)C1=NN(c2ccccc2)C(C(N)=O)C1)c1ncc(-c2ccccc2)[nH]1. The molecule has 2 amide bonds. The molecule has 1 aromatic heterocycles. The van der Waals surface area contributed by atoms with Crippen LogP contribution in [0, 0.1) is 0 Å². The highest BCUT2D eigenvalue weighted by atomic mass is 16.2. The lowest BCUT2D eigenvalue weighted by Crippen LogP contribution is -2.40. The highest BCUT2D eigenvalue weighted by Crippen LogP contribution is 2.25. The molecule has 31 heavy (non-hydrogen) atoms. The predicted octanol–water partition coefficient (Wildman–Crippen LogP) is 2.76. The lowest BCUT2D eigenvalue weighted by Gasteiger charge is -2.20. The van der Waals surface area contributed by atoms with Crippen molar-refractivity contribution in [2.24, 2.45) is 10.8 Å². The van der Waals surface area contributed by atoms with Crippen LogP contribution in [0.25, 0.3) is 11.3 Å². The topological polar surface area (TPSA) is 116 Å². The van der Waals surface area contributed by atoms with Crippen molar-refractivity contribution < 1.29 is 9.59 Å². The molecule has 2 atom stereocenters. The van der Waals surface area contributed by atoms with E-state index in [0.717, 1.165) is 11.3 Å². The fourth-order valence-electron chi connectivity index (χ4n) is 3.57. The molecule has 1 aliphatic heterocycles. The first kappa shape index (κ1) is 20.3. The van der Waals surface area contributed by atoms with Gasteiger partial charge in [-0.05, 0) is 24.1 Å². The Morgan fingerprint density at radius 1 is 1.16 bits per heavy atom. The second-order valence-electron chi connectivity index (χ2n) is 7.33. The number of H-pyrrole nitrogens is 1. The van der Waals surface area contributed by atoms with Crippen LogP contribution in [0.2, 0.25) is 0 Å². The van der Waals surface area contributed by atoms with Gasteiger partial charge in [-0.15, -0.1) is 0 Å². The van der Waals surface area contributed by atoms with Gasteiger partial charge in [-0.3, -0.25) is 14.6 Å². The maximum absolute atomic E-state index is 12.9. The number of primary amides is 1. The number of anilines is 1. The average Bonchev–Trinajstić information content (AvgIpc) is 3.47. The number of aromatic amines is 1. The molecule has 0 saturated heterocycles. The number of imidazole rings is 1. The normalized spacial score (nSPS) is 16.6. The monoisotopic (exact) mass is 416 g/mol. The summed E-state index contributed by atoms with van der Waals surface area (Å²) in [6.07, 6.45) is 2.55. The number of hydrogen-bond donors (Lipinski definition) is 3. The number of carbonyl (C=O) groups is 2. The van der Waals surface area contributed by atoms with Crippen LogP contribution in [-0.4, -0.2) is 33.5 Å². The van der Waals surface area contributed by atoms with E-state index >= 15 is 0 Å². The van der Waals surface area contributed by atoms with Crippen LogP contribution in [0.3, 0.4) is 0 Å². The van der Waals surface area contributed by atoms with Crippen LogP contribution >= 0.6 is 0 Å². The van der Waals surface area contributed by atoms with Crippen molar-refractivity contribution in [1.82, 2.24) is 15.3 Å². The Kier molecular flexibility index (Phi) is 5.79. The van der Waals surface area contributed by atoms with Crippen LogP contribution in [0.5, 0.6) is 0 Å². The number of nitrogens with two attached hydrogens (primary N) is 1. The largest absolute Gasteiger partial charge is 0.368 e. The van der Waals surface area contributed by atoms with Gasteiger partial charge >= 0.3 is 0 Å². The zero-order chi connectivity index (χ0) is 21.8. The first-order valence-corrected chi connectivity index (χ1v) is 10.2. The highest BCUT2D eigenvalue weighted by molar-refractivity contribution is 6.40. The molecule has 0 aliphatic carbocycles. The maximum Gasteiger partial charge on any atom is 0.268 e. The predicted molar refractivity (Wildman–Crippen MR) is 119 cm³/mol. The van der Waals surface area contributed by atoms with Crippen molar-refractivity contribution in [1.29, 1.82) is 0 Å². The molecule has 3 aromatic rings. The Morgan fingerprint density at radius 2 is 1.84 bits per heavy atom. The smallest absolute Gasteiger partial charge is 0.268 e. The third-order valence-corrected chi connectivity index (χ3v) is 5.25. The third-order valence-electron chi connectivity index (χ3n) is 5.25. The Morgan fingerprint density at radius 3 is 2.48 bits per heavy atom. The fraction of sp³-hybridized carbons (Fsp3) is 0.217. The number of aromatic nitrogens is 2. The Hall–Kier alpha value is -3.94. The minimum atomic E-state index is -0.698. The van der Waals surface area contributed by atoms with Crippen molar-refractivity contribution in [3.05, 3.63) is 72.7 Å². The highest BCUT2D eigenvalue weighted by Gasteiger charge is 2.35. The van der Waals surface area contributed by atoms with Crippen molar-refractivity contribution in [3.8, 4) is 11.3 Å². The van der Waals surface area contributed by atoms with E-state index in [0.29, 0.717) is 17.9 Å². The van der Waals surface area contributed by atoms with Gasteiger partial charge in [-0.25, -0.2) is 4.98 Å². The molecule has 2 unspecified atom stereocenters. The minimum absolute atomic E-state index is 0.153. The van der Waals surface area contributed by atoms with E-state index in [9.17, 15) is 9.59 Å². The van der Waals surface area contributed by atoms with Crippen LogP contribution in [0.1, 0.15) is 31.6 Å². The summed E-state index contributed by atoms with van der Waals surface area (Å²) < 4.78 is 0. The van der Waals surface area contributed by atoms with Gasteiger partial charge < -0.3 is 16.0 Å². The second-order valence-corrected chi connectivity index (χ2v) is 7.33. The molecule has 2 aromatic carbocycles. The molecule has 2 heterocycles. The van der Waals surface area contributed by atoms with Gasteiger partial charge in [0.25, 0.3) is 5.91 Å². The number of para-hydroxylation sites is 1. The standard InChI is InChI=1S/C23H24N6O2/c1-2-17(22-25-14-19(26-22)15-9-5-3-6-10-15)27-23(31)18-13-20(21(24)30)29(28-18)16-11-7-4-8-12-16/h3-12,14,17,20H,2,13H2,1H3,(H2,24,30)(H,25,26)(H,27,31). The lowest BCUT2D eigenvalue weighted by molar-refractivity contribution is -0.119. The maximum atomic E-state index is 12.9. The van der Waals surface area contributed by atoms with E-state index in [1.54, 1.807) is 6.20 Å². The molecule has 8 nitrogen and oxygen atoms in total. The van der Waals surface area contributed by atoms with E-state index in [1.165, 1.54) is 5.01 Å². The first-order valence-electron chi connectivity index (χ1n) is 10.2. The summed E-state index contributed by atoms with van der Waals surface area (Å²) in [4.78, 5) is 32.6. The molecule has 0 saturated carbocycles. The van der Waals surface area contributed by atoms with Crippen molar-refractivity contribution in [3.63, 3.8) is 0 Å². The number of hydrazone groups is 1. The quantitative estimate of drug-likeness (QED) is 0.549. The molecular weight excluding hydrogens is 392 g/mol. The van der Waals surface area contributed by atoms with E-state index in [1.807, 2.05) is 67.6 Å². The number of hydrogen-bond acceptors (Lipinski definition) is 5. The fourth-order valence-corrected chi connectivity index (χ4v) is 3.57. The summed E-state index contributed by atoms with van der Waals surface area (Å²) in [7, 11) is 0. The summed E-state index contributed by atoms with van der Waals surface area (Å²) in [5, 5.41) is 8.89. The van der Waals surface area contributed by atoms with Crippen molar-refractivity contribution >= 4 is 23.2 Å². The van der Waals surface area contributed by atoms with Gasteiger partial charge in [0.2, 0.25) is 5.91 Å². The molecular formula is C23H24N6O2. The Balaban J connectivity index is 1.51. The molecule has 0 spiro atoms. The Bertz CT molecular complexity index is 1090. The van der Waals surface area contributed by atoms with Gasteiger partial charge in [-0.2, -0.15) is 5.10 Å². The molecule has 158 valence electrons. The van der Waals surface area contributed by atoms with E-state index in [4.69, 9.17) is 5.73 Å². The number of nitrogens with zero attached hydrogens (tertiary/aromatic N) is 3. The zero-order valence-corrected chi connectivity index (χ0v) is 17.2. The summed E-state index contributed by atoms with van der Waals surface area (Å²) in [5.74, 6) is -0.199. The number of benzene rings is 2. The van der Waals surface area contributed by atoms with Crippen molar-refractivity contribution in [2.75, 3.05) is 5.01 Å². The first-order chi connectivity index (χ1) is 15.1. The number of amides is 2. The van der Waals surface area contributed by atoms with E-state index in [-0.39, 0.29) is 24.1 Å². The van der Waals surface area contributed by atoms with Crippen molar-refractivity contribution in [2.45, 2.75) is 31.8 Å². The van der Waals surface area contributed by atoms with Crippen LogP contribution in [0.4, 0.5) is 5.69 Å². The number of carbonyl (C=O) groups excluding carboxylic acids is 2. The summed E-state index contributed by atoms with van der Waals surface area (Å²) >= 11 is 0. The van der Waals surface area contributed by atoms with Gasteiger partial charge in [0.15, 0.2) is 0 Å². The van der Waals surface area contributed by atoms with Gasteiger partial charge in [0, 0.05) is 6.42 Å². The molecule has 0 bridgehead atoms. The summed E-state index contributed by atoms with van der Waals surface area (Å²) in [6, 6.07) is 18.0. The van der Waals surface area contributed by atoms with E-state index in [2.05, 4.69) is 20.4 Å². The molecule has 4 rings (SSSR count). The molecule has 4 N–H and O–H groups in total. The van der Waals surface area contributed by atoms with Crippen LogP contribution < -0.4 is 16.1 Å². The number of nitrogens with one attached hydrogen (secondary N) is 2. The number of rotatable bonds is 7. The molecule has 0 radical (unpaired) electrons. The summed E-state index contributed by atoms with van der Waals surface area (Å²) in [6.45, 7) is 1.97. The second kappa shape index (κ2) is 8.83. The molecule has 8 heteroatoms. The lowest BCUT2D eigenvalue weighted by atomic mass is 10.1. The van der Waals surface area contributed by atoms with E-state index < -0.39 is 11.9 Å². The van der Waals surface area contributed by atoms with Crippen LogP contribution in [-0.2, 0) is 9.59 Å². The molecule has 0 fully saturated rings. The Labute approximate surface area is 180 Å².